The van der Waals surface area contributed by atoms with E-state index in [1.807, 2.05) is 50.2 Å². The number of carbonyl (C=O) groups excluding carboxylic acids is 1. The smallest absolute Gasteiger partial charge is 0.255 e. The number of rotatable bonds is 5. The predicted molar refractivity (Wildman–Crippen MR) is 124 cm³/mol. The minimum absolute atomic E-state index is 0.000472. The Morgan fingerprint density at radius 2 is 1.87 bits per heavy atom. The summed E-state index contributed by atoms with van der Waals surface area (Å²) in [6.07, 6.45) is 4.16. The number of likely N-dealkylation sites (tertiary alicyclic amines) is 1. The molecule has 1 heterocycles. The summed E-state index contributed by atoms with van der Waals surface area (Å²) in [7, 11) is 0. The van der Waals surface area contributed by atoms with Crippen molar-refractivity contribution in [2.45, 2.75) is 51.7 Å². The first kappa shape index (κ1) is 22.1. The summed E-state index contributed by atoms with van der Waals surface area (Å²) in [4.78, 5) is 14.9. The molecule has 0 aromatic heterocycles. The number of nitrogens with two attached hydrogens (primary N) is 1. The summed E-state index contributed by atoms with van der Waals surface area (Å²) < 4.78 is 0. The van der Waals surface area contributed by atoms with Gasteiger partial charge in [-0.1, -0.05) is 35.9 Å². The highest BCUT2D eigenvalue weighted by Gasteiger charge is 2.34. The quantitative estimate of drug-likeness (QED) is 0.636. The number of benzene rings is 2. The van der Waals surface area contributed by atoms with Crippen LogP contribution in [0.15, 0.2) is 54.1 Å². The van der Waals surface area contributed by atoms with Crippen LogP contribution in [0.1, 0.15) is 56.5 Å². The summed E-state index contributed by atoms with van der Waals surface area (Å²) >= 11 is 0. The number of hydrogen-bond donors (Lipinski definition) is 3. The van der Waals surface area contributed by atoms with E-state index >= 15 is 0 Å². The number of hydrogen-bond acceptors (Lipinski definition) is 4. The van der Waals surface area contributed by atoms with Crippen LogP contribution in [0.5, 0.6) is 0 Å². The summed E-state index contributed by atoms with van der Waals surface area (Å²) in [5.74, 6) is -0.173. The van der Waals surface area contributed by atoms with Gasteiger partial charge in [0, 0.05) is 24.2 Å². The fraction of sp³-hybridized carbons (Fsp3) is 0.400. The van der Waals surface area contributed by atoms with Crippen molar-refractivity contribution in [3.8, 4) is 0 Å². The minimum atomic E-state index is -0.695. The maximum atomic E-state index is 12.5. The fourth-order valence-corrected chi connectivity index (χ4v) is 3.99. The fourth-order valence-electron chi connectivity index (χ4n) is 3.99. The van der Waals surface area contributed by atoms with Gasteiger partial charge in [0.15, 0.2) is 0 Å². The first-order valence-electron chi connectivity index (χ1n) is 10.5. The molecule has 1 amide bonds. The van der Waals surface area contributed by atoms with Crippen LogP contribution in [0.25, 0.3) is 6.08 Å². The van der Waals surface area contributed by atoms with Crippen molar-refractivity contribution in [3.63, 3.8) is 0 Å². The molecule has 0 atom stereocenters. The third kappa shape index (κ3) is 5.71. The predicted octanol–water partition coefficient (Wildman–Crippen LogP) is 4.55. The third-order valence-corrected chi connectivity index (χ3v) is 5.55. The Bertz CT molecular complexity index is 924. The Kier molecular flexibility index (Phi) is 6.34. The molecule has 3 rings (SSSR count). The van der Waals surface area contributed by atoms with E-state index in [2.05, 4.69) is 30.1 Å². The van der Waals surface area contributed by atoms with E-state index < -0.39 is 5.60 Å². The van der Waals surface area contributed by atoms with E-state index in [4.69, 9.17) is 5.73 Å². The van der Waals surface area contributed by atoms with Gasteiger partial charge in [-0.05, 0) is 70.4 Å². The molecular formula is C25H33N3O2. The normalized spacial score (nSPS) is 18.4. The molecule has 160 valence electrons. The molecule has 0 radical (unpaired) electrons. The summed E-state index contributed by atoms with van der Waals surface area (Å²) in [6, 6.07) is 14.9. The lowest BCUT2D eigenvalue weighted by Crippen LogP contribution is -2.53. The van der Waals surface area contributed by atoms with Gasteiger partial charge in [0.05, 0.1) is 17.0 Å². The maximum Gasteiger partial charge on any atom is 0.255 e. The minimum Gasteiger partial charge on any atom is -0.397 e. The van der Waals surface area contributed by atoms with Crippen molar-refractivity contribution in [3.05, 3.63) is 65.2 Å². The van der Waals surface area contributed by atoms with Crippen molar-refractivity contribution in [1.82, 2.24) is 4.90 Å². The highest BCUT2D eigenvalue weighted by atomic mass is 16.3. The van der Waals surface area contributed by atoms with Gasteiger partial charge in [0.25, 0.3) is 5.91 Å². The summed E-state index contributed by atoms with van der Waals surface area (Å²) in [6.45, 7) is 9.78. The second kappa shape index (κ2) is 8.62. The Balaban J connectivity index is 1.66. The summed E-state index contributed by atoms with van der Waals surface area (Å²) in [5, 5.41) is 13.0. The van der Waals surface area contributed by atoms with Crippen molar-refractivity contribution < 1.29 is 9.90 Å². The van der Waals surface area contributed by atoms with Gasteiger partial charge in [0.2, 0.25) is 0 Å². The molecule has 2 aromatic rings. The number of nitrogen functional groups attached to an aromatic ring is 1. The zero-order valence-electron chi connectivity index (χ0n) is 18.4. The molecule has 5 heteroatoms. The van der Waals surface area contributed by atoms with Crippen LogP contribution in [0.4, 0.5) is 11.4 Å². The number of anilines is 2. The van der Waals surface area contributed by atoms with Crippen LogP contribution < -0.4 is 11.1 Å². The number of nitrogens with one attached hydrogen (secondary N) is 1. The van der Waals surface area contributed by atoms with Crippen molar-refractivity contribution in [2.75, 3.05) is 24.1 Å². The first-order chi connectivity index (χ1) is 14.0. The van der Waals surface area contributed by atoms with Gasteiger partial charge in [-0.15, -0.1) is 0 Å². The average molecular weight is 408 g/mol. The lowest BCUT2D eigenvalue weighted by atomic mass is 9.85. The number of nitrogens with zero attached hydrogens (tertiary/aromatic N) is 1. The SMILES string of the molecule is CC(C)(O)CN1CC/C(=C/c2ccc(C(=O)Nc3ccccc3N)cc2)CC1(C)C. The molecular weight excluding hydrogens is 374 g/mol. The summed E-state index contributed by atoms with van der Waals surface area (Å²) in [5.41, 5.74) is 9.45. The maximum absolute atomic E-state index is 12.5. The molecule has 1 saturated heterocycles. The molecule has 0 spiro atoms. The third-order valence-electron chi connectivity index (χ3n) is 5.55. The molecule has 30 heavy (non-hydrogen) atoms. The van der Waals surface area contributed by atoms with Gasteiger partial charge >= 0.3 is 0 Å². The van der Waals surface area contributed by atoms with E-state index in [9.17, 15) is 9.90 Å². The number of amides is 1. The topological polar surface area (TPSA) is 78.6 Å². The van der Waals surface area contributed by atoms with Gasteiger partial charge in [-0.3, -0.25) is 9.69 Å². The number of piperidine rings is 1. The van der Waals surface area contributed by atoms with E-state index in [-0.39, 0.29) is 11.4 Å². The van der Waals surface area contributed by atoms with Gasteiger partial charge < -0.3 is 16.2 Å². The molecule has 1 aliphatic rings. The van der Waals surface area contributed by atoms with Crippen LogP contribution in [-0.4, -0.2) is 40.1 Å². The van der Waals surface area contributed by atoms with Crippen LogP contribution in [0.2, 0.25) is 0 Å². The van der Waals surface area contributed by atoms with Gasteiger partial charge in [-0.2, -0.15) is 0 Å². The Hall–Kier alpha value is -2.63. The lowest BCUT2D eigenvalue weighted by Gasteiger charge is -2.45. The molecule has 2 aromatic carbocycles. The lowest BCUT2D eigenvalue weighted by molar-refractivity contribution is -0.00836. The molecule has 0 aliphatic carbocycles. The van der Waals surface area contributed by atoms with E-state index in [1.54, 1.807) is 12.1 Å². The standard InChI is InChI=1S/C25H33N3O2/c1-24(2)16-19(13-14-28(24)17-25(3,4)30)15-18-9-11-20(12-10-18)23(29)27-22-8-6-5-7-21(22)26/h5-12,15,30H,13-14,16-17,26H2,1-4H3,(H,27,29)/b19-15-. The van der Waals surface area contributed by atoms with Crippen LogP contribution in [0.3, 0.4) is 0 Å². The monoisotopic (exact) mass is 407 g/mol. The zero-order chi connectivity index (χ0) is 21.9. The highest BCUT2D eigenvalue weighted by molar-refractivity contribution is 6.05. The molecule has 0 saturated carbocycles. The highest BCUT2D eigenvalue weighted by Crippen LogP contribution is 2.33. The van der Waals surface area contributed by atoms with Crippen molar-refractivity contribution in [2.24, 2.45) is 0 Å². The van der Waals surface area contributed by atoms with Crippen molar-refractivity contribution in [1.29, 1.82) is 0 Å². The Morgan fingerprint density at radius 3 is 2.47 bits per heavy atom. The Labute approximate surface area is 179 Å². The van der Waals surface area contributed by atoms with Crippen LogP contribution in [-0.2, 0) is 0 Å². The van der Waals surface area contributed by atoms with Crippen LogP contribution in [0, 0.1) is 0 Å². The number of carbonyl (C=O) groups is 1. The van der Waals surface area contributed by atoms with E-state index in [0.29, 0.717) is 23.5 Å². The Morgan fingerprint density at radius 1 is 1.20 bits per heavy atom. The molecule has 0 unspecified atom stereocenters. The van der Waals surface area contributed by atoms with Crippen LogP contribution >= 0.6 is 0 Å². The first-order valence-corrected chi connectivity index (χ1v) is 10.5. The number of aliphatic hydroxyl groups is 1. The number of para-hydroxylation sites is 2. The van der Waals surface area contributed by atoms with Gasteiger partial charge in [0.1, 0.15) is 0 Å². The number of β-amino-alcohol motifs (C(OH)–C–C–N with tert-alkyl or cyclic N) is 1. The second-order valence-corrected chi connectivity index (χ2v) is 9.44. The van der Waals surface area contributed by atoms with Crippen molar-refractivity contribution >= 4 is 23.4 Å². The zero-order valence-corrected chi connectivity index (χ0v) is 18.4. The largest absolute Gasteiger partial charge is 0.397 e. The average Bonchev–Trinajstić information content (AvgIpc) is 2.65. The molecule has 1 fully saturated rings. The molecule has 0 bridgehead atoms. The van der Waals surface area contributed by atoms with Gasteiger partial charge in [-0.25, -0.2) is 0 Å². The van der Waals surface area contributed by atoms with E-state index in [0.717, 1.165) is 24.9 Å². The molecule has 5 nitrogen and oxygen atoms in total. The second-order valence-electron chi connectivity index (χ2n) is 9.44. The van der Waals surface area contributed by atoms with E-state index in [1.165, 1.54) is 5.57 Å². The molecule has 1 aliphatic heterocycles. The molecule has 4 N–H and O–H groups in total.